The maximum absolute atomic E-state index is 12.0. The lowest BCUT2D eigenvalue weighted by atomic mass is 9.92. The molecule has 1 rings (SSSR count). The van der Waals surface area contributed by atoms with E-state index in [0.717, 1.165) is 6.42 Å². The molecule has 0 aromatic heterocycles. The smallest absolute Gasteiger partial charge is 0.237 e. The number of hydrogen-bond acceptors (Lipinski definition) is 2. The molecule has 1 aliphatic carbocycles. The summed E-state index contributed by atoms with van der Waals surface area (Å²) in [7, 11) is 0. The van der Waals surface area contributed by atoms with E-state index in [2.05, 4.69) is 19.2 Å². The highest BCUT2D eigenvalue weighted by atomic mass is 16.2. The zero-order valence-corrected chi connectivity index (χ0v) is 12.2. The van der Waals surface area contributed by atoms with E-state index in [0.29, 0.717) is 5.92 Å². The molecule has 1 aliphatic rings. The van der Waals surface area contributed by atoms with Crippen molar-refractivity contribution in [3.63, 3.8) is 0 Å². The Balaban J connectivity index is 2.42. The number of carbonyl (C=O) groups excluding carboxylic acids is 1. The Kier molecular flexibility index (Phi) is 6.69. The fourth-order valence-electron chi connectivity index (χ4n) is 2.76. The average molecular weight is 254 g/mol. The van der Waals surface area contributed by atoms with Gasteiger partial charge in [0.15, 0.2) is 0 Å². The zero-order valence-electron chi connectivity index (χ0n) is 12.2. The lowest BCUT2D eigenvalue weighted by Crippen LogP contribution is -2.49. The molecule has 3 atom stereocenters. The van der Waals surface area contributed by atoms with E-state index in [1.54, 1.807) is 0 Å². The molecule has 0 aromatic carbocycles. The molecule has 0 aliphatic heterocycles. The molecule has 1 fully saturated rings. The summed E-state index contributed by atoms with van der Waals surface area (Å²) in [6.07, 6.45) is 8.77. The van der Waals surface area contributed by atoms with Gasteiger partial charge in [-0.25, -0.2) is 0 Å². The van der Waals surface area contributed by atoms with E-state index >= 15 is 0 Å². The molecule has 18 heavy (non-hydrogen) atoms. The lowest BCUT2D eigenvalue weighted by Gasteiger charge is -2.26. The topological polar surface area (TPSA) is 55.1 Å². The fourth-order valence-corrected chi connectivity index (χ4v) is 2.76. The third-order valence-corrected chi connectivity index (χ3v) is 4.54. The first-order chi connectivity index (χ1) is 8.56. The van der Waals surface area contributed by atoms with Gasteiger partial charge in [-0.1, -0.05) is 46.0 Å². The van der Waals surface area contributed by atoms with E-state index < -0.39 is 0 Å². The summed E-state index contributed by atoms with van der Waals surface area (Å²) in [5.41, 5.74) is 5.97. The minimum absolute atomic E-state index is 0.0288. The molecule has 106 valence electrons. The van der Waals surface area contributed by atoms with Crippen molar-refractivity contribution in [2.24, 2.45) is 17.6 Å². The minimum atomic E-state index is -0.358. The van der Waals surface area contributed by atoms with Gasteiger partial charge in [-0.3, -0.25) is 4.79 Å². The minimum Gasteiger partial charge on any atom is -0.352 e. The Morgan fingerprint density at radius 2 is 1.78 bits per heavy atom. The number of nitrogens with one attached hydrogen (secondary N) is 1. The van der Waals surface area contributed by atoms with Crippen LogP contribution in [-0.2, 0) is 4.79 Å². The molecule has 0 saturated heterocycles. The van der Waals surface area contributed by atoms with Crippen molar-refractivity contribution in [1.29, 1.82) is 0 Å². The van der Waals surface area contributed by atoms with Crippen LogP contribution in [0.2, 0.25) is 0 Å². The van der Waals surface area contributed by atoms with Gasteiger partial charge in [0.1, 0.15) is 0 Å². The molecule has 1 saturated carbocycles. The number of amides is 1. The average Bonchev–Trinajstić information content (AvgIpc) is 2.65. The molecular weight excluding hydrogens is 224 g/mol. The third kappa shape index (κ3) is 4.60. The molecule has 3 nitrogen and oxygen atoms in total. The molecule has 0 aromatic rings. The van der Waals surface area contributed by atoms with Gasteiger partial charge in [0.2, 0.25) is 5.91 Å². The zero-order chi connectivity index (χ0) is 13.5. The van der Waals surface area contributed by atoms with Gasteiger partial charge in [0.05, 0.1) is 6.04 Å². The van der Waals surface area contributed by atoms with Gasteiger partial charge in [0.25, 0.3) is 0 Å². The molecule has 3 heteroatoms. The van der Waals surface area contributed by atoms with Crippen LogP contribution in [0.5, 0.6) is 0 Å². The van der Waals surface area contributed by atoms with Crippen LogP contribution in [0.25, 0.3) is 0 Å². The summed E-state index contributed by atoms with van der Waals surface area (Å²) < 4.78 is 0. The van der Waals surface area contributed by atoms with Gasteiger partial charge in [0, 0.05) is 6.04 Å². The lowest BCUT2D eigenvalue weighted by molar-refractivity contribution is -0.124. The molecule has 0 heterocycles. The van der Waals surface area contributed by atoms with Gasteiger partial charge >= 0.3 is 0 Å². The summed E-state index contributed by atoms with van der Waals surface area (Å²) in [6, 6.07) is -0.0889. The Morgan fingerprint density at radius 3 is 2.28 bits per heavy atom. The van der Waals surface area contributed by atoms with Crippen LogP contribution in [0, 0.1) is 11.8 Å². The molecule has 0 spiro atoms. The second kappa shape index (κ2) is 7.78. The highest BCUT2D eigenvalue weighted by Gasteiger charge is 2.24. The summed E-state index contributed by atoms with van der Waals surface area (Å²) in [5, 5.41) is 3.13. The van der Waals surface area contributed by atoms with Crippen LogP contribution in [0.1, 0.15) is 65.7 Å². The van der Waals surface area contributed by atoms with Crippen LogP contribution in [-0.4, -0.2) is 18.0 Å². The van der Waals surface area contributed by atoms with E-state index in [9.17, 15) is 4.79 Å². The number of hydrogen-bond donors (Lipinski definition) is 2. The molecule has 0 radical (unpaired) electrons. The highest BCUT2D eigenvalue weighted by Crippen LogP contribution is 2.25. The van der Waals surface area contributed by atoms with Crippen molar-refractivity contribution < 1.29 is 4.79 Å². The van der Waals surface area contributed by atoms with Crippen molar-refractivity contribution >= 4 is 5.91 Å². The second-order valence-corrected chi connectivity index (χ2v) is 5.96. The highest BCUT2D eigenvalue weighted by molar-refractivity contribution is 5.82. The molecule has 0 unspecified atom stereocenters. The Bertz CT molecular complexity index is 247. The fraction of sp³-hybridized carbons (Fsp3) is 0.933. The standard InChI is InChI=1S/C15H30N2O/c1-4-11(2)14(16)15(18)17-12(3)13-9-7-5-6-8-10-13/h11-14H,4-10,16H2,1-3H3,(H,17,18)/t11-,12+,14-/m0/s1. The van der Waals surface area contributed by atoms with Crippen molar-refractivity contribution in [1.82, 2.24) is 5.32 Å². The largest absolute Gasteiger partial charge is 0.352 e. The maximum Gasteiger partial charge on any atom is 0.237 e. The van der Waals surface area contributed by atoms with Crippen molar-refractivity contribution in [3.8, 4) is 0 Å². The van der Waals surface area contributed by atoms with E-state index in [4.69, 9.17) is 5.73 Å². The summed E-state index contributed by atoms with van der Waals surface area (Å²) in [6.45, 7) is 6.25. The predicted molar refractivity (Wildman–Crippen MR) is 76.2 cm³/mol. The Morgan fingerprint density at radius 1 is 1.22 bits per heavy atom. The molecule has 0 bridgehead atoms. The van der Waals surface area contributed by atoms with Crippen LogP contribution in [0.3, 0.4) is 0 Å². The predicted octanol–water partition coefficient (Wildman–Crippen LogP) is 2.83. The van der Waals surface area contributed by atoms with Crippen LogP contribution < -0.4 is 11.1 Å². The second-order valence-electron chi connectivity index (χ2n) is 5.96. The van der Waals surface area contributed by atoms with Crippen molar-refractivity contribution in [3.05, 3.63) is 0 Å². The van der Waals surface area contributed by atoms with Crippen molar-refractivity contribution in [2.75, 3.05) is 0 Å². The number of carbonyl (C=O) groups is 1. The molecule has 3 N–H and O–H groups in total. The van der Waals surface area contributed by atoms with Crippen LogP contribution >= 0.6 is 0 Å². The summed E-state index contributed by atoms with van der Waals surface area (Å²) >= 11 is 0. The third-order valence-electron chi connectivity index (χ3n) is 4.54. The van der Waals surface area contributed by atoms with Gasteiger partial charge in [-0.15, -0.1) is 0 Å². The quantitative estimate of drug-likeness (QED) is 0.741. The monoisotopic (exact) mass is 254 g/mol. The normalized spacial score (nSPS) is 22.9. The molecular formula is C15H30N2O. The molecule has 1 amide bonds. The van der Waals surface area contributed by atoms with E-state index in [-0.39, 0.29) is 23.9 Å². The van der Waals surface area contributed by atoms with Crippen molar-refractivity contribution in [2.45, 2.75) is 77.8 Å². The van der Waals surface area contributed by atoms with E-state index in [1.807, 2.05) is 6.92 Å². The van der Waals surface area contributed by atoms with Gasteiger partial charge in [-0.2, -0.15) is 0 Å². The summed E-state index contributed by atoms with van der Waals surface area (Å²) in [5.74, 6) is 0.924. The van der Waals surface area contributed by atoms with Crippen LogP contribution in [0.15, 0.2) is 0 Å². The maximum atomic E-state index is 12.0. The number of rotatable bonds is 5. The SMILES string of the molecule is CC[C@H](C)[C@H](N)C(=O)N[C@H](C)C1CCCCCC1. The summed E-state index contributed by atoms with van der Waals surface area (Å²) in [4.78, 5) is 12.0. The Hall–Kier alpha value is -0.570. The van der Waals surface area contributed by atoms with Gasteiger partial charge < -0.3 is 11.1 Å². The van der Waals surface area contributed by atoms with E-state index in [1.165, 1.54) is 38.5 Å². The van der Waals surface area contributed by atoms with Gasteiger partial charge in [-0.05, 0) is 31.6 Å². The first-order valence-electron chi connectivity index (χ1n) is 7.62. The van der Waals surface area contributed by atoms with Crippen LogP contribution in [0.4, 0.5) is 0 Å². The Labute approximate surface area is 112 Å². The first-order valence-corrected chi connectivity index (χ1v) is 7.62. The number of nitrogens with two attached hydrogens (primary N) is 1. The first kappa shape index (κ1) is 15.5.